The van der Waals surface area contributed by atoms with E-state index in [-0.39, 0.29) is 0 Å². The van der Waals surface area contributed by atoms with Gasteiger partial charge in [-0.25, -0.2) is 0 Å². The minimum Gasteiger partial charge on any atom is -0.135 e. The monoisotopic (exact) mass is 662 g/mol. The van der Waals surface area contributed by atoms with E-state index >= 15 is 0 Å². The zero-order valence-corrected chi connectivity index (χ0v) is 28.5. The van der Waals surface area contributed by atoms with Crippen molar-refractivity contribution in [1.29, 1.82) is 0 Å². The van der Waals surface area contributed by atoms with E-state index in [1.807, 2.05) is 11.3 Å². The largest absolute Gasteiger partial charge is 0.135 e. The summed E-state index contributed by atoms with van der Waals surface area (Å²) < 4.78 is 2.67. The minimum atomic E-state index is 1.23. The van der Waals surface area contributed by atoms with Crippen molar-refractivity contribution in [1.82, 2.24) is 0 Å². The molecular weight excluding hydrogens is 633 g/mol. The standard InChI is InChI=1S/C50H30S/c1-2-13-35-29-36(26-21-31(35)11-1)48-42-19-9-7-17-40(42)47(41-18-8-10-20-43(41)48)34-24-22-33(23-25-34)44-30-46-50(39-16-6-5-15-38(39)44)49-37-14-4-3-12-32(37)27-28-45(49)51-46/h1-30H. The highest BCUT2D eigenvalue weighted by Gasteiger charge is 2.18. The Morgan fingerprint density at radius 3 is 1.43 bits per heavy atom. The lowest BCUT2D eigenvalue weighted by molar-refractivity contribution is 1.64. The summed E-state index contributed by atoms with van der Waals surface area (Å²) in [6.07, 6.45) is 0. The summed E-state index contributed by atoms with van der Waals surface area (Å²) in [4.78, 5) is 0. The molecule has 0 fully saturated rings. The lowest BCUT2D eigenvalue weighted by Crippen LogP contribution is -1.91. The molecule has 1 aromatic heterocycles. The van der Waals surface area contributed by atoms with Gasteiger partial charge in [0.05, 0.1) is 0 Å². The minimum absolute atomic E-state index is 1.23. The molecule has 11 aromatic rings. The van der Waals surface area contributed by atoms with Crippen LogP contribution >= 0.6 is 11.3 Å². The maximum Gasteiger partial charge on any atom is 0.0368 e. The lowest BCUT2D eigenvalue weighted by atomic mass is 9.85. The van der Waals surface area contributed by atoms with E-state index in [1.54, 1.807) is 0 Å². The van der Waals surface area contributed by atoms with E-state index in [9.17, 15) is 0 Å². The first kappa shape index (κ1) is 28.5. The molecule has 0 saturated heterocycles. The number of thiophene rings is 1. The Hall–Kier alpha value is -6.28. The summed E-state index contributed by atoms with van der Waals surface area (Å²) in [6.45, 7) is 0. The van der Waals surface area contributed by atoms with Gasteiger partial charge < -0.3 is 0 Å². The molecule has 0 saturated carbocycles. The average Bonchev–Trinajstić information content (AvgIpc) is 3.59. The van der Waals surface area contributed by atoms with Crippen LogP contribution in [0.4, 0.5) is 0 Å². The van der Waals surface area contributed by atoms with Crippen LogP contribution in [0.1, 0.15) is 0 Å². The molecule has 1 heteroatoms. The topological polar surface area (TPSA) is 0 Å². The normalized spacial score (nSPS) is 11.9. The molecule has 0 amide bonds. The Morgan fingerprint density at radius 1 is 0.275 bits per heavy atom. The summed E-state index contributed by atoms with van der Waals surface area (Å²) >= 11 is 1.90. The molecule has 0 N–H and O–H groups in total. The number of hydrogen-bond acceptors (Lipinski definition) is 1. The third-order valence-corrected chi connectivity index (χ3v) is 11.9. The molecule has 0 bridgehead atoms. The molecule has 0 atom stereocenters. The maximum absolute atomic E-state index is 2.43. The van der Waals surface area contributed by atoms with Gasteiger partial charge in [-0.3, -0.25) is 0 Å². The highest BCUT2D eigenvalue weighted by Crippen LogP contribution is 2.47. The first-order valence-electron chi connectivity index (χ1n) is 17.6. The number of hydrogen-bond donors (Lipinski definition) is 0. The lowest BCUT2D eigenvalue weighted by Gasteiger charge is -2.18. The quantitative estimate of drug-likeness (QED) is 0.165. The van der Waals surface area contributed by atoms with E-state index in [0.717, 1.165) is 0 Å². The van der Waals surface area contributed by atoms with Gasteiger partial charge in [-0.1, -0.05) is 164 Å². The Labute approximate surface area is 299 Å². The van der Waals surface area contributed by atoms with Crippen LogP contribution in [0.2, 0.25) is 0 Å². The fourth-order valence-corrected chi connectivity index (χ4v) is 9.73. The van der Waals surface area contributed by atoms with Crippen LogP contribution in [0.25, 0.3) is 107 Å². The molecule has 236 valence electrons. The number of benzene rings is 10. The van der Waals surface area contributed by atoms with Gasteiger partial charge >= 0.3 is 0 Å². The molecule has 0 aliphatic heterocycles. The zero-order chi connectivity index (χ0) is 33.5. The first-order valence-corrected chi connectivity index (χ1v) is 18.4. The third kappa shape index (κ3) is 4.32. The van der Waals surface area contributed by atoms with Gasteiger partial charge in [0.15, 0.2) is 0 Å². The van der Waals surface area contributed by atoms with E-state index in [0.29, 0.717) is 0 Å². The van der Waals surface area contributed by atoms with E-state index < -0.39 is 0 Å². The van der Waals surface area contributed by atoms with Crippen molar-refractivity contribution in [3.8, 4) is 33.4 Å². The van der Waals surface area contributed by atoms with Crippen LogP contribution in [-0.4, -0.2) is 0 Å². The van der Waals surface area contributed by atoms with Crippen molar-refractivity contribution < 1.29 is 0 Å². The smallest absolute Gasteiger partial charge is 0.0368 e. The van der Waals surface area contributed by atoms with Gasteiger partial charge in [-0.05, 0) is 105 Å². The summed E-state index contributed by atoms with van der Waals surface area (Å²) in [5.41, 5.74) is 7.58. The van der Waals surface area contributed by atoms with Gasteiger partial charge in [0.25, 0.3) is 0 Å². The van der Waals surface area contributed by atoms with Crippen molar-refractivity contribution in [2.45, 2.75) is 0 Å². The van der Waals surface area contributed by atoms with Crippen molar-refractivity contribution in [3.63, 3.8) is 0 Å². The highest BCUT2D eigenvalue weighted by atomic mass is 32.1. The summed E-state index contributed by atoms with van der Waals surface area (Å²) in [7, 11) is 0. The number of rotatable bonds is 3. The van der Waals surface area contributed by atoms with Crippen LogP contribution in [0.15, 0.2) is 182 Å². The Morgan fingerprint density at radius 2 is 0.745 bits per heavy atom. The fraction of sp³-hybridized carbons (Fsp3) is 0. The second-order valence-electron chi connectivity index (χ2n) is 13.6. The SMILES string of the molecule is c1ccc2cc(-c3c4ccccc4c(-c4ccc(-c5cc6sc7ccc8ccccc8c7c6c6ccccc56)cc4)c4ccccc34)ccc2c1. The Balaban J connectivity index is 1.11. The van der Waals surface area contributed by atoms with Gasteiger partial charge in [-0.15, -0.1) is 11.3 Å². The maximum atomic E-state index is 2.43. The molecule has 0 nitrogen and oxygen atoms in total. The van der Waals surface area contributed by atoms with Gasteiger partial charge in [0.1, 0.15) is 0 Å². The number of fused-ring (bicyclic) bond motifs is 10. The molecule has 11 rings (SSSR count). The van der Waals surface area contributed by atoms with Gasteiger partial charge in [0.2, 0.25) is 0 Å². The summed E-state index contributed by atoms with van der Waals surface area (Å²) in [5, 5.41) is 15.6. The van der Waals surface area contributed by atoms with Crippen LogP contribution in [0, 0.1) is 0 Å². The second-order valence-corrected chi connectivity index (χ2v) is 14.7. The van der Waals surface area contributed by atoms with Gasteiger partial charge in [-0.2, -0.15) is 0 Å². The van der Waals surface area contributed by atoms with Crippen molar-refractivity contribution in [2.75, 3.05) is 0 Å². The zero-order valence-electron chi connectivity index (χ0n) is 27.7. The summed E-state index contributed by atoms with van der Waals surface area (Å²) in [6, 6.07) is 67.4. The van der Waals surface area contributed by atoms with Crippen molar-refractivity contribution >= 4 is 85.4 Å². The molecular formula is C50H30S. The van der Waals surface area contributed by atoms with Crippen LogP contribution in [-0.2, 0) is 0 Å². The molecule has 0 spiro atoms. The fourth-order valence-electron chi connectivity index (χ4n) is 8.55. The molecule has 0 aliphatic carbocycles. The Bertz CT molecular complexity index is 3120. The van der Waals surface area contributed by atoms with E-state index in [2.05, 4.69) is 182 Å². The van der Waals surface area contributed by atoms with Crippen molar-refractivity contribution in [3.05, 3.63) is 182 Å². The average molecular weight is 663 g/mol. The van der Waals surface area contributed by atoms with Crippen LogP contribution < -0.4 is 0 Å². The molecule has 51 heavy (non-hydrogen) atoms. The summed E-state index contributed by atoms with van der Waals surface area (Å²) in [5.74, 6) is 0. The second kappa shape index (κ2) is 11.1. The molecule has 1 heterocycles. The molecule has 0 aliphatic rings. The Kier molecular flexibility index (Phi) is 6.22. The predicted molar refractivity (Wildman–Crippen MR) is 223 cm³/mol. The first-order chi connectivity index (χ1) is 25.3. The van der Waals surface area contributed by atoms with Gasteiger partial charge in [0, 0.05) is 20.2 Å². The van der Waals surface area contributed by atoms with Crippen molar-refractivity contribution in [2.24, 2.45) is 0 Å². The highest BCUT2D eigenvalue weighted by molar-refractivity contribution is 7.26. The van der Waals surface area contributed by atoms with Crippen LogP contribution in [0.5, 0.6) is 0 Å². The molecule has 0 unspecified atom stereocenters. The predicted octanol–water partition coefficient (Wildman–Crippen LogP) is 14.8. The van der Waals surface area contributed by atoms with Crippen LogP contribution in [0.3, 0.4) is 0 Å². The molecule has 10 aromatic carbocycles. The van der Waals surface area contributed by atoms with E-state index in [4.69, 9.17) is 0 Å². The van der Waals surface area contributed by atoms with E-state index in [1.165, 1.54) is 107 Å². The molecule has 0 radical (unpaired) electrons. The third-order valence-electron chi connectivity index (χ3n) is 10.8.